The van der Waals surface area contributed by atoms with E-state index in [2.05, 4.69) is 4.98 Å². The van der Waals surface area contributed by atoms with Gasteiger partial charge in [0.15, 0.2) is 0 Å². The molecule has 20 heavy (non-hydrogen) atoms. The summed E-state index contributed by atoms with van der Waals surface area (Å²) in [5, 5.41) is 0.201. The topological polar surface area (TPSA) is 64.1 Å². The van der Waals surface area contributed by atoms with Gasteiger partial charge in [0, 0.05) is 6.61 Å². The van der Waals surface area contributed by atoms with Gasteiger partial charge in [-0.1, -0.05) is 24.4 Å². The number of aromatic amines is 1. The maximum atomic E-state index is 12.6. The maximum Gasteiger partial charge on any atom is 0.329 e. The van der Waals surface area contributed by atoms with Crippen LogP contribution in [0.25, 0.3) is 0 Å². The van der Waals surface area contributed by atoms with Gasteiger partial charge in [-0.2, -0.15) is 0 Å². The Bertz CT molecular complexity index is 573. The molecule has 1 fully saturated rings. The molecule has 6 heteroatoms. The number of nitrogens with one attached hydrogen (secondary N) is 1. The molecule has 0 saturated heterocycles. The third-order valence-electron chi connectivity index (χ3n) is 3.89. The Hall–Kier alpha value is -1.07. The lowest BCUT2D eigenvalue weighted by Crippen LogP contribution is -2.41. The highest BCUT2D eigenvalue weighted by Gasteiger charge is 2.26. The van der Waals surface area contributed by atoms with Crippen molar-refractivity contribution in [1.29, 1.82) is 0 Å². The van der Waals surface area contributed by atoms with Gasteiger partial charge in [0.2, 0.25) is 0 Å². The van der Waals surface area contributed by atoms with Gasteiger partial charge in [0.05, 0.1) is 18.2 Å². The Morgan fingerprint density at radius 1 is 1.40 bits per heavy atom. The zero-order chi connectivity index (χ0) is 14.7. The monoisotopic (exact) mass is 300 g/mol. The van der Waals surface area contributed by atoms with Crippen LogP contribution in [0.15, 0.2) is 9.59 Å². The van der Waals surface area contributed by atoms with Crippen LogP contribution in [0.1, 0.15) is 57.1 Å². The molecule has 1 aromatic rings. The Balaban J connectivity index is 2.44. The zero-order valence-corrected chi connectivity index (χ0v) is 12.7. The van der Waals surface area contributed by atoms with E-state index in [-0.39, 0.29) is 22.7 Å². The minimum Gasteiger partial charge on any atom is -0.380 e. The van der Waals surface area contributed by atoms with E-state index in [9.17, 15) is 9.59 Å². The van der Waals surface area contributed by atoms with Crippen LogP contribution in [0.3, 0.4) is 0 Å². The average molecular weight is 301 g/mol. The first-order chi connectivity index (χ1) is 9.56. The molecule has 1 unspecified atom stereocenters. The maximum absolute atomic E-state index is 12.6. The molecule has 1 saturated carbocycles. The minimum absolute atomic E-state index is 0.164. The molecule has 0 aliphatic heterocycles. The molecular formula is C14H21ClN2O3. The van der Waals surface area contributed by atoms with E-state index in [0.717, 1.165) is 25.7 Å². The molecule has 1 atom stereocenters. The fraction of sp³-hybridized carbons (Fsp3) is 0.714. The lowest BCUT2D eigenvalue weighted by atomic mass is 10.0. The van der Waals surface area contributed by atoms with Gasteiger partial charge >= 0.3 is 5.69 Å². The van der Waals surface area contributed by atoms with Crippen LogP contribution in [0.4, 0.5) is 0 Å². The van der Waals surface area contributed by atoms with E-state index in [4.69, 9.17) is 16.3 Å². The molecule has 1 aliphatic rings. The standard InChI is InChI=1S/C14H21ClN2O3/c1-3-20-8-9(2)17-13(18)11(10-6-4-5-7-10)12(15)16-14(17)19/h9-10H,3-8H2,1-2H3,(H,16,19). The summed E-state index contributed by atoms with van der Waals surface area (Å²) in [7, 11) is 0. The number of H-pyrrole nitrogens is 1. The van der Waals surface area contributed by atoms with E-state index < -0.39 is 5.69 Å². The third-order valence-corrected chi connectivity index (χ3v) is 4.19. The number of nitrogens with zero attached hydrogens (tertiary/aromatic N) is 1. The molecule has 0 spiro atoms. The van der Waals surface area contributed by atoms with Crippen molar-refractivity contribution in [3.05, 3.63) is 31.6 Å². The fourth-order valence-corrected chi connectivity index (χ4v) is 3.18. The summed E-state index contributed by atoms with van der Waals surface area (Å²) >= 11 is 6.10. The summed E-state index contributed by atoms with van der Waals surface area (Å²) in [6, 6.07) is -0.302. The molecular weight excluding hydrogens is 280 g/mol. The SMILES string of the molecule is CCOCC(C)n1c(=O)[nH]c(Cl)c(C2CCCC2)c1=O. The van der Waals surface area contributed by atoms with Gasteiger partial charge in [0.1, 0.15) is 5.15 Å². The van der Waals surface area contributed by atoms with Crippen molar-refractivity contribution in [3.63, 3.8) is 0 Å². The smallest absolute Gasteiger partial charge is 0.329 e. The largest absolute Gasteiger partial charge is 0.380 e. The Kier molecular flexibility index (Phi) is 5.05. The third kappa shape index (κ3) is 2.99. The highest BCUT2D eigenvalue weighted by molar-refractivity contribution is 6.30. The van der Waals surface area contributed by atoms with Crippen LogP contribution in [0.2, 0.25) is 5.15 Å². The first kappa shape index (κ1) is 15.3. The van der Waals surface area contributed by atoms with Gasteiger partial charge in [-0.3, -0.25) is 14.3 Å². The molecule has 1 aromatic heterocycles. The van der Waals surface area contributed by atoms with E-state index in [0.29, 0.717) is 18.8 Å². The molecule has 0 radical (unpaired) electrons. The number of halogens is 1. The minimum atomic E-state index is -0.464. The highest BCUT2D eigenvalue weighted by Crippen LogP contribution is 2.34. The Labute approximate surface area is 122 Å². The number of ether oxygens (including phenoxy) is 1. The van der Waals surface area contributed by atoms with E-state index >= 15 is 0 Å². The van der Waals surface area contributed by atoms with Crippen LogP contribution in [0, 0.1) is 0 Å². The van der Waals surface area contributed by atoms with Gasteiger partial charge in [-0.05, 0) is 32.6 Å². The molecule has 0 amide bonds. The normalized spacial score (nSPS) is 17.6. The van der Waals surface area contributed by atoms with E-state index in [1.807, 2.05) is 6.92 Å². The van der Waals surface area contributed by atoms with Crippen molar-refractivity contribution in [2.24, 2.45) is 0 Å². The van der Waals surface area contributed by atoms with Crippen LogP contribution in [-0.2, 0) is 4.74 Å². The second-order valence-electron chi connectivity index (χ2n) is 5.32. The van der Waals surface area contributed by atoms with Crippen molar-refractivity contribution in [2.75, 3.05) is 13.2 Å². The summed E-state index contributed by atoms with van der Waals surface area (Å²) < 4.78 is 6.54. The van der Waals surface area contributed by atoms with Gasteiger partial charge < -0.3 is 4.74 Å². The Morgan fingerprint density at radius 2 is 2.05 bits per heavy atom. The fourth-order valence-electron chi connectivity index (χ4n) is 2.87. The lowest BCUT2D eigenvalue weighted by molar-refractivity contribution is 0.116. The van der Waals surface area contributed by atoms with Gasteiger partial charge in [0.25, 0.3) is 5.56 Å². The molecule has 1 aliphatic carbocycles. The summed E-state index contributed by atoms with van der Waals surface area (Å²) in [6.07, 6.45) is 4.13. The van der Waals surface area contributed by atoms with E-state index in [1.165, 1.54) is 4.57 Å². The number of hydrogen-bond donors (Lipinski definition) is 1. The van der Waals surface area contributed by atoms with Crippen LogP contribution in [0.5, 0.6) is 0 Å². The average Bonchev–Trinajstić information content (AvgIpc) is 2.89. The predicted octanol–water partition coefficient (Wildman–Crippen LogP) is 2.45. The molecule has 112 valence electrons. The number of aromatic nitrogens is 2. The van der Waals surface area contributed by atoms with Gasteiger partial charge in [-0.25, -0.2) is 4.79 Å². The lowest BCUT2D eigenvalue weighted by Gasteiger charge is -2.17. The van der Waals surface area contributed by atoms with Crippen LogP contribution in [-0.4, -0.2) is 22.8 Å². The first-order valence-corrected chi connectivity index (χ1v) is 7.56. The van der Waals surface area contributed by atoms with Crippen molar-refractivity contribution in [1.82, 2.24) is 9.55 Å². The second kappa shape index (κ2) is 6.59. The second-order valence-corrected chi connectivity index (χ2v) is 5.70. The van der Waals surface area contributed by atoms with Crippen LogP contribution >= 0.6 is 11.6 Å². The molecule has 0 aromatic carbocycles. The summed E-state index contributed by atoms with van der Waals surface area (Å²) in [5.74, 6) is 0.164. The van der Waals surface area contributed by atoms with Gasteiger partial charge in [-0.15, -0.1) is 0 Å². The van der Waals surface area contributed by atoms with Crippen molar-refractivity contribution in [2.45, 2.75) is 51.5 Å². The van der Waals surface area contributed by atoms with Crippen LogP contribution < -0.4 is 11.2 Å². The van der Waals surface area contributed by atoms with Crippen molar-refractivity contribution >= 4 is 11.6 Å². The summed E-state index contributed by atoms with van der Waals surface area (Å²) in [6.45, 7) is 4.58. The van der Waals surface area contributed by atoms with Crippen molar-refractivity contribution in [3.8, 4) is 0 Å². The molecule has 5 nitrogen and oxygen atoms in total. The highest BCUT2D eigenvalue weighted by atomic mass is 35.5. The molecule has 2 rings (SSSR count). The van der Waals surface area contributed by atoms with E-state index in [1.54, 1.807) is 6.92 Å². The Morgan fingerprint density at radius 3 is 2.65 bits per heavy atom. The summed E-state index contributed by atoms with van der Waals surface area (Å²) in [5.41, 5.74) is -0.168. The predicted molar refractivity (Wildman–Crippen MR) is 78.7 cm³/mol. The molecule has 1 N–H and O–H groups in total. The zero-order valence-electron chi connectivity index (χ0n) is 11.9. The number of hydrogen-bond acceptors (Lipinski definition) is 3. The molecule has 0 bridgehead atoms. The summed E-state index contributed by atoms with van der Waals surface area (Å²) in [4.78, 5) is 27.2. The van der Waals surface area contributed by atoms with Crippen molar-refractivity contribution < 1.29 is 4.74 Å². The number of rotatable bonds is 5. The molecule has 1 heterocycles. The first-order valence-electron chi connectivity index (χ1n) is 7.18. The quantitative estimate of drug-likeness (QED) is 0.850.